The highest BCUT2D eigenvalue weighted by atomic mass is 32.2. The number of hydrogen-bond donors (Lipinski definition) is 3. The number of benzene rings is 2. The maximum absolute atomic E-state index is 12.6. The molecule has 7 nitrogen and oxygen atoms in total. The lowest BCUT2D eigenvalue weighted by molar-refractivity contribution is 0.0947. The predicted molar refractivity (Wildman–Crippen MR) is 111 cm³/mol. The summed E-state index contributed by atoms with van der Waals surface area (Å²) in [5.41, 5.74) is 2.30. The molecule has 29 heavy (non-hydrogen) atoms. The second kappa shape index (κ2) is 7.76. The summed E-state index contributed by atoms with van der Waals surface area (Å²) in [6.07, 6.45) is 3.33. The van der Waals surface area contributed by atoms with Crippen molar-refractivity contribution < 1.29 is 13.2 Å². The van der Waals surface area contributed by atoms with E-state index in [0.29, 0.717) is 16.9 Å². The van der Waals surface area contributed by atoms with Crippen LogP contribution in [0.4, 0.5) is 5.69 Å². The minimum atomic E-state index is -3.72. The number of aromatic nitrogens is 2. The van der Waals surface area contributed by atoms with Gasteiger partial charge in [-0.05, 0) is 35.9 Å². The fourth-order valence-electron chi connectivity index (χ4n) is 2.94. The van der Waals surface area contributed by atoms with Crippen LogP contribution in [0.1, 0.15) is 16.1 Å². The number of para-hydroxylation sites is 1. The number of rotatable bonds is 6. The number of nitrogens with zero attached hydrogens (tertiary/aromatic N) is 1. The van der Waals surface area contributed by atoms with Gasteiger partial charge in [-0.15, -0.1) is 0 Å². The van der Waals surface area contributed by atoms with E-state index >= 15 is 0 Å². The van der Waals surface area contributed by atoms with Crippen molar-refractivity contribution >= 4 is 32.5 Å². The lowest BCUT2D eigenvalue weighted by Crippen LogP contribution is -2.24. The predicted octanol–water partition coefficient (Wildman–Crippen LogP) is 3.29. The molecular weight excluding hydrogens is 388 g/mol. The first kappa shape index (κ1) is 18.7. The lowest BCUT2D eigenvalue weighted by Gasteiger charge is -2.13. The van der Waals surface area contributed by atoms with E-state index in [1.165, 1.54) is 12.1 Å². The van der Waals surface area contributed by atoms with Gasteiger partial charge in [-0.25, -0.2) is 8.42 Å². The maximum Gasteiger partial charge on any atom is 0.267 e. The molecule has 0 aliphatic carbocycles. The number of nitrogens with one attached hydrogen (secondary N) is 3. The SMILES string of the molecule is O=C(NCc1ccccc1NS(=O)(=O)c1ccccc1)c1cc2cnccc2[nH]1. The Balaban J connectivity index is 1.50. The van der Waals surface area contributed by atoms with Crippen molar-refractivity contribution in [3.05, 3.63) is 90.4 Å². The molecule has 0 atom stereocenters. The first-order valence-corrected chi connectivity index (χ1v) is 10.4. The van der Waals surface area contributed by atoms with Crippen LogP contribution in [0.5, 0.6) is 0 Å². The molecule has 2 aromatic heterocycles. The first-order chi connectivity index (χ1) is 14.0. The largest absolute Gasteiger partial charge is 0.350 e. The molecule has 0 aliphatic heterocycles. The fourth-order valence-corrected chi connectivity index (χ4v) is 4.06. The number of fused-ring (bicyclic) bond motifs is 1. The molecule has 2 heterocycles. The minimum Gasteiger partial charge on any atom is -0.350 e. The Labute approximate surface area is 167 Å². The van der Waals surface area contributed by atoms with Crippen LogP contribution in [-0.2, 0) is 16.6 Å². The third-order valence-corrected chi connectivity index (χ3v) is 5.80. The summed E-state index contributed by atoms with van der Waals surface area (Å²) in [6.45, 7) is 0.167. The molecule has 0 saturated heterocycles. The molecule has 146 valence electrons. The normalized spacial score (nSPS) is 11.3. The van der Waals surface area contributed by atoms with Crippen LogP contribution in [0.2, 0.25) is 0 Å². The van der Waals surface area contributed by atoms with E-state index in [1.54, 1.807) is 67.0 Å². The zero-order valence-electron chi connectivity index (χ0n) is 15.3. The van der Waals surface area contributed by atoms with E-state index < -0.39 is 10.0 Å². The highest BCUT2D eigenvalue weighted by Crippen LogP contribution is 2.20. The Morgan fingerprint density at radius 2 is 1.76 bits per heavy atom. The average molecular weight is 406 g/mol. The van der Waals surface area contributed by atoms with E-state index in [1.807, 2.05) is 0 Å². The topological polar surface area (TPSA) is 104 Å². The number of sulfonamides is 1. The van der Waals surface area contributed by atoms with Crippen molar-refractivity contribution in [3.8, 4) is 0 Å². The van der Waals surface area contributed by atoms with E-state index in [0.717, 1.165) is 10.9 Å². The number of hydrogen-bond acceptors (Lipinski definition) is 4. The quantitative estimate of drug-likeness (QED) is 0.457. The summed E-state index contributed by atoms with van der Waals surface area (Å²) in [6, 6.07) is 18.6. The fraction of sp³-hybridized carbons (Fsp3) is 0.0476. The van der Waals surface area contributed by atoms with Crippen molar-refractivity contribution in [2.24, 2.45) is 0 Å². The van der Waals surface area contributed by atoms with Crippen molar-refractivity contribution in [1.82, 2.24) is 15.3 Å². The maximum atomic E-state index is 12.6. The number of aromatic amines is 1. The zero-order valence-corrected chi connectivity index (χ0v) is 16.1. The van der Waals surface area contributed by atoms with Crippen LogP contribution < -0.4 is 10.0 Å². The summed E-state index contributed by atoms with van der Waals surface area (Å²) in [7, 11) is -3.72. The molecule has 0 aliphatic rings. The van der Waals surface area contributed by atoms with Gasteiger partial charge < -0.3 is 10.3 Å². The summed E-state index contributed by atoms with van der Waals surface area (Å²) in [4.78, 5) is 19.8. The van der Waals surface area contributed by atoms with Crippen LogP contribution in [0.3, 0.4) is 0 Å². The average Bonchev–Trinajstić information content (AvgIpc) is 3.18. The number of anilines is 1. The van der Waals surface area contributed by atoms with Crippen LogP contribution in [0, 0.1) is 0 Å². The smallest absolute Gasteiger partial charge is 0.267 e. The monoisotopic (exact) mass is 406 g/mol. The summed E-state index contributed by atoms with van der Waals surface area (Å²) < 4.78 is 27.8. The van der Waals surface area contributed by atoms with Gasteiger partial charge in [0.05, 0.1) is 10.6 Å². The third kappa shape index (κ3) is 4.12. The Morgan fingerprint density at radius 3 is 2.55 bits per heavy atom. The number of carbonyl (C=O) groups is 1. The van der Waals surface area contributed by atoms with E-state index in [9.17, 15) is 13.2 Å². The Kier molecular flexibility index (Phi) is 5.01. The second-order valence-electron chi connectivity index (χ2n) is 6.40. The van der Waals surface area contributed by atoms with Crippen molar-refractivity contribution in [2.75, 3.05) is 4.72 Å². The number of H-pyrrole nitrogens is 1. The van der Waals surface area contributed by atoms with Crippen LogP contribution >= 0.6 is 0 Å². The van der Waals surface area contributed by atoms with Gasteiger partial charge in [0.15, 0.2) is 0 Å². The summed E-state index contributed by atoms with van der Waals surface area (Å²) in [5.74, 6) is -0.290. The standard InChI is InChI=1S/C21H18N4O3S/c26-21(20-12-16-13-22-11-10-18(16)24-20)23-14-15-6-4-5-9-19(15)25-29(27,28)17-7-2-1-3-8-17/h1-13,24-25H,14H2,(H,23,26). The molecular formula is C21H18N4O3S. The number of pyridine rings is 1. The summed E-state index contributed by atoms with van der Waals surface area (Å²) >= 11 is 0. The van der Waals surface area contributed by atoms with Crippen molar-refractivity contribution in [2.45, 2.75) is 11.4 Å². The van der Waals surface area contributed by atoms with Gasteiger partial charge in [-0.3, -0.25) is 14.5 Å². The van der Waals surface area contributed by atoms with E-state index in [2.05, 4.69) is 20.0 Å². The highest BCUT2D eigenvalue weighted by molar-refractivity contribution is 7.92. The molecule has 0 bridgehead atoms. The van der Waals surface area contributed by atoms with Gasteiger partial charge in [0.1, 0.15) is 5.69 Å². The molecule has 0 spiro atoms. The molecule has 0 radical (unpaired) electrons. The Hall–Kier alpha value is -3.65. The molecule has 4 rings (SSSR count). The molecule has 0 saturated carbocycles. The zero-order chi connectivity index (χ0) is 20.3. The van der Waals surface area contributed by atoms with Crippen molar-refractivity contribution in [1.29, 1.82) is 0 Å². The molecule has 2 aromatic carbocycles. The third-order valence-electron chi connectivity index (χ3n) is 4.42. The van der Waals surface area contributed by atoms with Gasteiger partial charge in [-0.1, -0.05) is 36.4 Å². The number of amides is 1. The van der Waals surface area contributed by atoms with E-state index in [4.69, 9.17) is 0 Å². The second-order valence-corrected chi connectivity index (χ2v) is 8.09. The molecule has 1 amide bonds. The highest BCUT2D eigenvalue weighted by Gasteiger charge is 2.16. The molecule has 3 N–H and O–H groups in total. The van der Waals surface area contributed by atoms with Gasteiger partial charge in [0.25, 0.3) is 15.9 Å². The van der Waals surface area contributed by atoms with Gasteiger partial charge in [0.2, 0.25) is 0 Å². The van der Waals surface area contributed by atoms with Crippen LogP contribution in [0.25, 0.3) is 10.9 Å². The molecule has 4 aromatic rings. The van der Waals surface area contributed by atoms with Crippen LogP contribution in [0.15, 0.2) is 84.0 Å². The van der Waals surface area contributed by atoms with E-state index in [-0.39, 0.29) is 17.3 Å². The Morgan fingerprint density at radius 1 is 1.00 bits per heavy atom. The Bertz CT molecular complexity index is 1230. The van der Waals surface area contributed by atoms with Crippen LogP contribution in [-0.4, -0.2) is 24.3 Å². The first-order valence-electron chi connectivity index (χ1n) is 8.90. The minimum absolute atomic E-state index is 0.167. The number of carbonyl (C=O) groups excluding carboxylic acids is 1. The van der Waals surface area contributed by atoms with Gasteiger partial charge in [0, 0.05) is 29.8 Å². The lowest BCUT2D eigenvalue weighted by atomic mass is 10.2. The summed E-state index contributed by atoms with van der Waals surface area (Å²) in [5, 5.41) is 3.66. The van der Waals surface area contributed by atoms with Gasteiger partial charge in [-0.2, -0.15) is 0 Å². The van der Waals surface area contributed by atoms with Crippen molar-refractivity contribution in [3.63, 3.8) is 0 Å². The molecule has 0 unspecified atom stereocenters. The van der Waals surface area contributed by atoms with Gasteiger partial charge >= 0.3 is 0 Å². The molecule has 8 heteroatoms. The molecule has 0 fully saturated rings.